The molecule has 2 aromatic carbocycles. The molecule has 1 N–H and O–H groups in total. The lowest BCUT2D eigenvalue weighted by Crippen LogP contribution is -2.39. The van der Waals surface area contributed by atoms with Crippen LogP contribution in [0.5, 0.6) is 5.75 Å². The lowest BCUT2D eigenvalue weighted by atomic mass is 9.90. The van der Waals surface area contributed by atoms with Gasteiger partial charge in [0.25, 0.3) is 0 Å². The molecule has 0 bridgehead atoms. The summed E-state index contributed by atoms with van der Waals surface area (Å²) in [4.78, 5) is 14.5. The number of amides is 1. The average molecular weight is 377 g/mol. The van der Waals surface area contributed by atoms with Gasteiger partial charge in [-0.2, -0.15) is 5.26 Å². The van der Waals surface area contributed by atoms with E-state index in [2.05, 4.69) is 28.4 Å². The van der Waals surface area contributed by atoms with Crippen molar-refractivity contribution in [3.8, 4) is 11.8 Å². The fraction of sp³-hybridized carbons (Fsp3) is 0.391. The largest absolute Gasteiger partial charge is 0.497 e. The molecule has 0 unspecified atom stereocenters. The molecule has 0 spiro atoms. The third kappa shape index (κ3) is 5.83. The van der Waals surface area contributed by atoms with E-state index in [9.17, 15) is 4.79 Å². The van der Waals surface area contributed by atoms with E-state index >= 15 is 0 Å². The van der Waals surface area contributed by atoms with Gasteiger partial charge >= 0.3 is 0 Å². The summed E-state index contributed by atoms with van der Waals surface area (Å²) in [5.41, 5.74) is 2.68. The van der Waals surface area contributed by atoms with Gasteiger partial charge < -0.3 is 10.1 Å². The molecule has 3 rings (SSSR count). The van der Waals surface area contributed by atoms with Crippen molar-refractivity contribution in [2.24, 2.45) is 5.92 Å². The number of ether oxygens (including phenoxy) is 1. The molecule has 2 aromatic rings. The van der Waals surface area contributed by atoms with Crippen molar-refractivity contribution in [3.63, 3.8) is 0 Å². The number of piperidine rings is 1. The molecular weight excluding hydrogens is 350 g/mol. The summed E-state index contributed by atoms with van der Waals surface area (Å²) in [6.07, 6.45) is 4.56. The van der Waals surface area contributed by atoms with Crippen molar-refractivity contribution in [1.29, 1.82) is 5.26 Å². The van der Waals surface area contributed by atoms with Crippen LogP contribution in [0.15, 0.2) is 48.5 Å². The highest BCUT2D eigenvalue weighted by Crippen LogP contribution is 2.23. The maximum Gasteiger partial charge on any atom is 0.238 e. The molecule has 1 fully saturated rings. The molecule has 5 nitrogen and oxygen atoms in total. The maximum atomic E-state index is 12.3. The number of nitrogens with zero attached hydrogens (tertiary/aromatic N) is 2. The standard InChI is InChI=1S/C23H27N3O2/c1-28-22-10-6-18(7-11-22)2-3-19-12-14-26(15-13-19)17-23(27)25-21-8-4-20(16-24)5-9-21/h4-11,19H,2-3,12-15,17H2,1H3,(H,25,27). The Morgan fingerprint density at radius 2 is 1.82 bits per heavy atom. The monoisotopic (exact) mass is 377 g/mol. The third-order valence-electron chi connectivity index (χ3n) is 5.37. The van der Waals surface area contributed by atoms with Crippen LogP contribution in [0.25, 0.3) is 0 Å². The Labute approximate surface area is 166 Å². The summed E-state index contributed by atoms with van der Waals surface area (Å²) < 4.78 is 5.20. The first-order valence-corrected chi connectivity index (χ1v) is 9.81. The van der Waals surface area contributed by atoms with E-state index in [1.54, 1.807) is 31.4 Å². The van der Waals surface area contributed by atoms with Crippen molar-refractivity contribution in [3.05, 3.63) is 59.7 Å². The molecule has 146 valence electrons. The van der Waals surface area contributed by atoms with Crippen LogP contribution in [0.3, 0.4) is 0 Å². The molecular formula is C23H27N3O2. The zero-order valence-corrected chi connectivity index (χ0v) is 16.4. The number of carbonyl (C=O) groups excluding carboxylic acids is 1. The predicted octanol–water partition coefficient (Wildman–Crippen LogP) is 3.85. The molecule has 0 radical (unpaired) electrons. The molecule has 28 heavy (non-hydrogen) atoms. The summed E-state index contributed by atoms with van der Waals surface area (Å²) in [5.74, 6) is 1.62. The fourth-order valence-corrected chi connectivity index (χ4v) is 3.63. The van der Waals surface area contributed by atoms with Gasteiger partial charge in [-0.1, -0.05) is 12.1 Å². The third-order valence-corrected chi connectivity index (χ3v) is 5.37. The maximum absolute atomic E-state index is 12.3. The Bertz CT molecular complexity index is 801. The van der Waals surface area contributed by atoms with Crippen LogP contribution in [-0.2, 0) is 11.2 Å². The minimum absolute atomic E-state index is 0.00129. The van der Waals surface area contributed by atoms with E-state index in [4.69, 9.17) is 10.00 Å². The number of benzene rings is 2. The molecule has 1 heterocycles. The topological polar surface area (TPSA) is 65.4 Å². The van der Waals surface area contributed by atoms with Gasteiger partial charge in [-0.15, -0.1) is 0 Å². The molecule has 5 heteroatoms. The van der Waals surface area contributed by atoms with Crippen LogP contribution in [0.1, 0.15) is 30.4 Å². The fourth-order valence-electron chi connectivity index (χ4n) is 3.63. The second-order valence-corrected chi connectivity index (χ2v) is 7.34. The van der Waals surface area contributed by atoms with Crippen molar-refractivity contribution in [1.82, 2.24) is 4.90 Å². The van der Waals surface area contributed by atoms with Crippen LogP contribution in [0.4, 0.5) is 5.69 Å². The summed E-state index contributed by atoms with van der Waals surface area (Å²) in [6, 6.07) is 17.3. The quantitative estimate of drug-likeness (QED) is 0.796. The Kier molecular flexibility index (Phi) is 7.05. The average Bonchev–Trinajstić information content (AvgIpc) is 2.74. The van der Waals surface area contributed by atoms with Crippen molar-refractivity contribution < 1.29 is 9.53 Å². The van der Waals surface area contributed by atoms with E-state index in [0.29, 0.717) is 12.1 Å². The molecule has 1 aliphatic rings. The van der Waals surface area contributed by atoms with Gasteiger partial charge in [0, 0.05) is 5.69 Å². The normalized spacial score (nSPS) is 15.0. The van der Waals surface area contributed by atoms with Crippen molar-refractivity contribution in [2.75, 3.05) is 32.1 Å². The van der Waals surface area contributed by atoms with Gasteiger partial charge in [-0.3, -0.25) is 9.69 Å². The number of anilines is 1. The first-order chi connectivity index (χ1) is 13.7. The van der Waals surface area contributed by atoms with Crippen LogP contribution in [0.2, 0.25) is 0 Å². The number of hydrogen-bond acceptors (Lipinski definition) is 4. The van der Waals surface area contributed by atoms with E-state index in [1.807, 2.05) is 12.1 Å². The minimum Gasteiger partial charge on any atom is -0.497 e. The number of aryl methyl sites for hydroxylation is 1. The van der Waals surface area contributed by atoms with Gasteiger partial charge in [0.2, 0.25) is 5.91 Å². The molecule has 0 atom stereocenters. The van der Waals surface area contributed by atoms with Gasteiger partial charge in [-0.25, -0.2) is 0 Å². The first kappa shape index (κ1) is 19.9. The number of likely N-dealkylation sites (tertiary alicyclic amines) is 1. The molecule has 0 aliphatic carbocycles. The Morgan fingerprint density at radius 1 is 1.14 bits per heavy atom. The van der Waals surface area contributed by atoms with E-state index < -0.39 is 0 Å². The van der Waals surface area contributed by atoms with Gasteiger partial charge in [-0.05, 0) is 86.7 Å². The number of methoxy groups -OCH3 is 1. The Balaban J connectivity index is 1.37. The second kappa shape index (κ2) is 9.91. The molecule has 1 aliphatic heterocycles. The molecule has 1 amide bonds. The number of nitrogens with one attached hydrogen (secondary N) is 1. The highest BCUT2D eigenvalue weighted by atomic mass is 16.5. The Morgan fingerprint density at radius 3 is 2.43 bits per heavy atom. The number of carbonyl (C=O) groups is 1. The lowest BCUT2D eigenvalue weighted by Gasteiger charge is -2.31. The smallest absolute Gasteiger partial charge is 0.238 e. The highest BCUT2D eigenvalue weighted by Gasteiger charge is 2.20. The van der Waals surface area contributed by atoms with Gasteiger partial charge in [0.1, 0.15) is 5.75 Å². The first-order valence-electron chi connectivity index (χ1n) is 9.81. The van der Waals surface area contributed by atoms with Crippen molar-refractivity contribution >= 4 is 11.6 Å². The van der Waals surface area contributed by atoms with E-state index in [0.717, 1.165) is 49.7 Å². The van der Waals surface area contributed by atoms with E-state index in [-0.39, 0.29) is 5.91 Å². The van der Waals surface area contributed by atoms with Crippen LogP contribution < -0.4 is 10.1 Å². The lowest BCUT2D eigenvalue weighted by molar-refractivity contribution is -0.117. The molecule has 0 aromatic heterocycles. The van der Waals surface area contributed by atoms with Crippen LogP contribution in [0, 0.1) is 17.2 Å². The summed E-state index contributed by atoms with van der Waals surface area (Å²) >= 11 is 0. The highest BCUT2D eigenvalue weighted by molar-refractivity contribution is 5.92. The van der Waals surface area contributed by atoms with Crippen LogP contribution in [-0.4, -0.2) is 37.6 Å². The van der Waals surface area contributed by atoms with E-state index in [1.165, 1.54) is 12.0 Å². The summed E-state index contributed by atoms with van der Waals surface area (Å²) in [7, 11) is 1.69. The molecule has 0 saturated carbocycles. The van der Waals surface area contributed by atoms with Crippen LogP contribution >= 0.6 is 0 Å². The second-order valence-electron chi connectivity index (χ2n) is 7.34. The zero-order valence-electron chi connectivity index (χ0n) is 16.4. The Hall–Kier alpha value is -2.84. The number of nitriles is 1. The minimum atomic E-state index is 0.00129. The van der Waals surface area contributed by atoms with Gasteiger partial charge in [0.15, 0.2) is 0 Å². The summed E-state index contributed by atoms with van der Waals surface area (Å²) in [5, 5.41) is 11.7. The predicted molar refractivity (Wildman–Crippen MR) is 110 cm³/mol. The van der Waals surface area contributed by atoms with Gasteiger partial charge in [0.05, 0.1) is 25.3 Å². The summed E-state index contributed by atoms with van der Waals surface area (Å²) in [6.45, 7) is 2.35. The zero-order chi connectivity index (χ0) is 19.8. The SMILES string of the molecule is COc1ccc(CCC2CCN(CC(=O)Nc3ccc(C#N)cc3)CC2)cc1. The number of rotatable bonds is 7. The molecule has 1 saturated heterocycles. The number of hydrogen-bond donors (Lipinski definition) is 1. The van der Waals surface area contributed by atoms with Crippen molar-refractivity contribution in [2.45, 2.75) is 25.7 Å².